The van der Waals surface area contributed by atoms with Gasteiger partial charge in [0.25, 0.3) is 0 Å². The van der Waals surface area contributed by atoms with E-state index in [9.17, 15) is 0 Å². The fourth-order valence-corrected chi connectivity index (χ4v) is 2.69. The van der Waals surface area contributed by atoms with Gasteiger partial charge in [0.1, 0.15) is 0 Å². The lowest BCUT2D eigenvalue weighted by molar-refractivity contribution is 0.689. The summed E-state index contributed by atoms with van der Waals surface area (Å²) in [5.74, 6) is 0. The number of aryl methyl sites for hydroxylation is 3. The Hall–Kier alpha value is -1.60. The minimum absolute atomic E-state index is 0.269. The van der Waals surface area contributed by atoms with Crippen LogP contribution in [0.1, 0.15) is 40.8 Å². The summed E-state index contributed by atoms with van der Waals surface area (Å²) in [7, 11) is 2.03. The predicted molar refractivity (Wildman–Crippen MR) is 82.6 cm³/mol. The molecule has 0 saturated carbocycles. The molecule has 0 aromatic heterocycles. The quantitative estimate of drug-likeness (QED) is 0.862. The molecular weight excluding hydrogens is 230 g/mol. The second-order valence-electron chi connectivity index (χ2n) is 5.24. The molecule has 2 rings (SSSR count). The van der Waals surface area contributed by atoms with Gasteiger partial charge in [-0.05, 0) is 44.0 Å². The molecule has 0 spiro atoms. The highest BCUT2D eigenvalue weighted by Gasteiger charge is 2.12. The fourth-order valence-electron chi connectivity index (χ4n) is 2.69. The zero-order valence-corrected chi connectivity index (χ0v) is 12.3. The van der Waals surface area contributed by atoms with Gasteiger partial charge in [0.2, 0.25) is 0 Å². The lowest BCUT2D eigenvalue weighted by Gasteiger charge is -2.19. The Kier molecular flexibility index (Phi) is 4.39. The number of rotatable bonds is 4. The van der Waals surface area contributed by atoms with E-state index in [0.717, 1.165) is 6.42 Å². The fraction of sp³-hybridized carbons (Fsp3) is 0.333. The van der Waals surface area contributed by atoms with E-state index in [-0.39, 0.29) is 6.04 Å². The maximum Gasteiger partial charge on any atom is 0.0574 e. The lowest BCUT2D eigenvalue weighted by Crippen LogP contribution is -2.18. The summed E-state index contributed by atoms with van der Waals surface area (Å²) < 4.78 is 0. The van der Waals surface area contributed by atoms with Crippen LogP contribution in [-0.4, -0.2) is 7.05 Å². The standard InChI is InChI=1S/C18H23N/c1-5-15-7-6-8-16(12-15)18(19-4)17-10-13(2)9-14(3)11-17/h6-12,18-19H,5H2,1-4H3. The van der Waals surface area contributed by atoms with Crippen molar-refractivity contribution in [1.29, 1.82) is 0 Å². The minimum atomic E-state index is 0.269. The van der Waals surface area contributed by atoms with Crippen LogP contribution in [0.4, 0.5) is 0 Å². The molecule has 0 heterocycles. The molecule has 1 heteroatoms. The second-order valence-corrected chi connectivity index (χ2v) is 5.24. The van der Waals surface area contributed by atoms with E-state index in [2.05, 4.69) is 68.6 Å². The molecule has 2 aromatic rings. The van der Waals surface area contributed by atoms with Crippen molar-refractivity contribution in [2.24, 2.45) is 0 Å². The van der Waals surface area contributed by atoms with E-state index in [1.165, 1.54) is 27.8 Å². The third-order valence-corrected chi connectivity index (χ3v) is 3.56. The summed E-state index contributed by atoms with van der Waals surface area (Å²) in [4.78, 5) is 0. The predicted octanol–water partition coefficient (Wildman–Crippen LogP) is 4.17. The number of hydrogen-bond donors (Lipinski definition) is 1. The van der Waals surface area contributed by atoms with E-state index < -0.39 is 0 Å². The summed E-state index contributed by atoms with van der Waals surface area (Å²) in [5, 5.41) is 3.44. The Bertz CT molecular complexity index is 537. The molecule has 0 amide bonds. The Morgan fingerprint density at radius 2 is 1.63 bits per heavy atom. The average molecular weight is 253 g/mol. The van der Waals surface area contributed by atoms with Gasteiger partial charge < -0.3 is 5.32 Å². The molecule has 100 valence electrons. The van der Waals surface area contributed by atoms with Crippen molar-refractivity contribution in [2.75, 3.05) is 7.05 Å². The summed E-state index contributed by atoms with van der Waals surface area (Å²) in [6.07, 6.45) is 1.08. The monoisotopic (exact) mass is 253 g/mol. The molecular formula is C18H23N. The van der Waals surface area contributed by atoms with E-state index in [1.54, 1.807) is 0 Å². The highest BCUT2D eigenvalue weighted by atomic mass is 14.9. The van der Waals surface area contributed by atoms with Crippen molar-refractivity contribution in [3.8, 4) is 0 Å². The maximum absolute atomic E-state index is 3.44. The zero-order valence-electron chi connectivity index (χ0n) is 12.3. The van der Waals surface area contributed by atoms with Gasteiger partial charge in [0, 0.05) is 0 Å². The number of hydrogen-bond acceptors (Lipinski definition) is 1. The largest absolute Gasteiger partial charge is 0.309 e. The van der Waals surface area contributed by atoms with E-state index in [1.807, 2.05) is 7.05 Å². The molecule has 0 aliphatic heterocycles. The first kappa shape index (κ1) is 13.8. The van der Waals surface area contributed by atoms with Gasteiger partial charge in [0.15, 0.2) is 0 Å². The molecule has 19 heavy (non-hydrogen) atoms. The van der Waals surface area contributed by atoms with Crippen molar-refractivity contribution in [2.45, 2.75) is 33.2 Å². The first-order valence-electron chi connectivity index (χ1n) is 6.98. The molecule has 1 nitrogen and oxygen atoms in total. The molecule has 1 atom stereocenters. The van der Waals surface area contributed by atoms with E-state index >= 15 is 0 Å². The minimum Gasteiger partial charge on any atom is -0.309 e. The molecule has 0 fully saturated rings. The van der Waals surface area contributed by atoms with Gasteiger partial charge in [-0.2, -0.15) is 0 Å². The van der Waals surface area contributed by atoms with Gasteiger partial charge in [0.05, 0.1) is 6.04 Å². The van der Waals surface area contributed by atoms with Crippen molar-refractivity contribution >= 4 is 0 Å². The summed E-state index contributed by atoms with van der Waals surface area (Å²) >= 11 is 0. The molecule has 1 unspecified atom stereocenters. The van der Waals surface area contributed by atoms with Crippen LogP contribution in [-0.2, 0) is 6.42 Å². The Morgan fingerprint density at radius 3 is 2.21 bits per heavy atom. The van der Waals surface area contributed by atoms with Gasteiger partial charge in [-0.25, -0.2) is 0 Å². The number of benzene rings is 2. The van der Waals surface area contributed by atoms with Crippen LogP contribution in [0.3, 0.4) is 0 Å². The average Bonchev–Trinajstić information content (AvgIpc) is 2.39. The van der Waals surface area contributed by atoms with Crippen LogP contribution in [0.25, 0.3) is 0 Å². The van der Waals surface area contributed by atoms with Crippen molar-refractivity contribution in [3.05, 3.63) is 70.3 Å². The van der Waals surface area contributed by atoms with Crippen LogP contribution in [0, 0.1) is 13.8 Å². The third-order valence-electron chi connectivity index (χ3n) is 3.56. The highest BCUT2D eigenvalue weighted by molar-refractivity contribution is 5.38. The molecule has 1 N–H and O–H groups in total. The van der Waals surface area contributed by atoms with Gasteiger partial charge in [-0.1, -0.05) is 60.5 Å². The van der Waals surface area contributed by atoms with Crippen LogP contribution >= 0.6 is 0 Å². The van der Waals surface area contributed by atoms with Gasteiger partial charge >= 0.3 is 0 Å². The Labute approximate surface area is 116 Å². The summed E-state index contributed by atoms with van der Waals surface area (Å²) in [6.45, 7) is 6.52. The van der Waals surface area contributed by atoms with Crippen LogP contribution in [0.2, 0.25) is 0 Å². The topological polar surface area (TPSA) is 12.0 Å². The van der Waals surface area contributed by atoms with Crippen molar-refractivity contribution in [1.82, 2.24) is 5.32 Å². The molecule has 0 saturated heterocycles. The molecule has 0 aliphatic carbocycles. The van der Waals surface area contributed by atoms with Gasteiger partial charge in [-0.15, -0.1) is 0 Å². The third kappa shape index (κ3) is 3.24. The summed E-state index contributed by atoms with van der Waals surface area (Å²) in [5.41, 5.74) is 6.71. The van der Waals surface area contributed by atoms with Crippen molar-refractivity contribution in [3.63, 3.8) is 0 Å². The van der Waals surface area contributed by atoms with Gasteiger partial charge in [-0.3, -0.25) is 0 Å². The molecule has 2 aromatic carbocycles. The van der Waals surface area contributed by atoms with Crippen LogP contribution in [0.5, 0.6) is 0 Å². The second kappa shape index (κ2) is 6.03. The van der Waals surface area contributed by atoms with Crippen LogP contribution < -0.4 is 5.32 Å². The van der Waals surface area contributed by atoms with E-state index in [4.69, 9.17) is 0 Å². The Balaban J connectivity index is 2.43. The SMILES string of the molecule is CCc1cccc(C(NC)c2cc(C)cc(C)c2)c1. The molecule has 0 radical (unpaired) electrons. The molecule has 0 bridgehead atoms. The maximum atomic E-state index is 3.44. The normalized spacial score (nSPS) is 12.4. The Morgan fingerprint density at radius 1 is 0.947 bits per heavy atom. The number of nitrogens with one attached hydrogen (secondary N) is 1. The van der Waals surface area contributed by atoms with E-state index in [0.29, 0.717) is 0 Å². The van der Waals surface area contributed by atoms with Crippen molar-refractivity contribution < 1.29 is 0 Å². The zero-order chi connectivity index (χ0) is 13.8. The smallest absolute Gasteiger partial charge is 0.0574 e. The first-order chi connectivity index (χ1) is 9.13. The van der Waals surface area contributed by atoms with Crippen LogP contribution in [0.15, 0.2) is 42.5 Å². The lowest BCUT2D eigenvalue weighted by atomic mass is 9.94. The summed E-state index contributed by atoms with van der Waals surface area (Å²) in [6, 6.07) is 15.9. The first-order valence-corrected chi connectivity index (χ1v) is 6.98. The molecule has 0 aliphatic rings. The highest BCUT2D eigenvalue weighted by Crippen LogP contribution is 2.24.